The smallest absolute Gasteiger partial charge is 0.109 e. The zero-order valence-corrected chi connectivity index (χ0v) is 9.76. The van der Waals surface area contributed by atoms with Crippen molar-refractivity contribution in [1.82, 2.24) is 9.55 Å². The van der Waals surface area contributed by atoms with Crippen LogP contribution in [0.25, 0.3) is 0 Å². The standard InChI is InChI=1S/C10H15BrN2/c1-7(2)9-10(11)13-6-4-3-5-8(13)12-9/h7H,3-6H2,1-2H3. The van der Waals surface area contributed by atoms with Crippen LogP contribution < -0.4 is 0 Å². The van der Waals surface area contributed by atoms with Crippen LogP contribution in [0.5, 0.6) is 0 Å². The third-order valence-electron chi connectivity index (χ3n) is 2.59. The first-order valence-electron chi connectivity index (χ1n) is 4.95. The molecule has 0 aliphatic carbocycles. The first-order chi connectivity index (χ1) is 6.20. The summed E-state index contributed by atoms with van der Waals surface area (Å²) in [5.41, 5.74) is 1.22. The second kappa shape index (κ2) is 3.45. The van der Waals surface area contributed by atoms with Crippen LogP contribution >= 0.6 is 15.9 Å². The van der Waals surface area contributed by atoms with Gasteiger partial charge in [0.2, 0.25) is 0 Å². The summed E-state index contributed by atoms with van der Waals surface area (Å²) >= 11 is 3.64. The average Bonchev–Trinajstić information content (AvgIpc) is 2.45. The van der Waals surface area contributed by atoms with Gasteiger partial charge in [-0.3, -0.25) is 0 Å². The van der Waals surface area contributed by atoms with Gasteiger partial charge >= 0.3 is 0 Å². The van der Waals surface area contributed by atoms with Gasteiger partial charge in [-0.15, -0.1) is 0 Å². The molecule has 0 radical (unpaired) electrons. The Hall–Kier alpha value is -0.310. The SMILES string of the molecule is CC(C)c1nc2n(c1Br)CCCC2. The fourth-order valence-corrected chi connectivity index (χ4v) is 2.76. The summed E-state index contributed by atoms with van der Waals surface area (Å²) in [6.07, 6.45) is 3.73. The van der Waals surface area contributed by atoms with Crippen molar-refractivity contribution >= 4 is 15.9 Å². The van der Waals surface area contributed by atoms with Gasteiger partial charge < -0.3 is 4.57 Å². The lowest BCUT2D eigenvalue weighted by Crippen LogP contribution is -2.10. The van der Waals surface area contributed by atoms with Crippen LogP contribution in [0, 0.1) is 0 Å². The molecule has 1 aliphatic rings. The van der Waals surface area contributed by atoms with Gasteiger partial charge in [-0.05, 0) is 34.7 Å². The lowest BCUT2D eigenvalue weighted by atomic mass is 10.2. The van der Waals surface area contributed by atoms with E-state index in [4.69, 9.17) is 0 Å². The second-order valence-corrected chi connectivity index (χ2v) is 4.72. The van der Waals surface area contributed by atoms with E-state index in [1.807, 2.05) is 0 Å². The quantitative estimate of drug-likeness (QED) is 0.741. The Morgan fingerprint density at radius 3 is 2.77 bits per heavy atom. The zero-order valence-electron chi connectivity index (χ0n) is 8.18. The molecule has 72 valence electrons. The van der Waals surface area contributed by atoms with Crippen molar-refractivity contribution in [3.05, 3.63) is 16.1 Å². The van der Waals surface area contributed by atoms with Gasteiger partial charge in [-0.1, -0.05) is 13.8 Å². The van der Waals surface area contributed by atoms with E-state index in [2.05, 4.69) is 39.3 Å². The molecule has 0 amide bonds. The van der Waals surface area contributed by atoms with E-state index in [1.54, 1.807) is 0 Å². The minimum Gasteiger partial charge on any atom is -0.323 e. The number of hydrogen-bond acceptors (Lipinski definition) is 1. The van der Waals surface area contributed by atoms with Gasteiger partial charge in [-0.2, -0.15) is 0 Å². The lowest BCUT2D eigenvalue weighted by Gasteiger charge is -2.13. The summed E-state index contributed by atoms with van der Waals surface area (Å²) in [4.78, 5) is 4.67. The fourth-order valence-electron chi connectivity index (χ4n) is 1.84. The van der Waals surface area contributed by atoms with E-state index in [-0.39, 0.29) is 0 Å². The maximum atomic E-state index is 4.67. The van der Waals surface area contributed by atoms with Crippen LogP contribution in [0.3, 0.4) is 0 Å². The lowest BCUT2D eigenvalue weighted by molar-refractivity contribution is 0.516. The molecule has 2 heterocycles. The van der Waals surface area contributed by atoms with Gasteiger partial charge in [0.05, 0.1) is 5.69 Å². The summed E-state index contributed by atoms with van der Waals surface area (Å²) in [5, 5.41) is 0. The third kappa shape index (κ3) is 1.54. The predicted molar refractivity (Wildman–Crippen MR) is 57.0 cm³/mol. The van der Waals surface area contributed by atoms with Crippen molar-refractivity contribution < 1.29 is 0 Å². The van der Waals surface area contributed by atoms with E-state index >= 15 is 0 Å². The van der Waals surface area contributed by atoms with E-state index in [9.17, 15) is 0 Å². The molecule has 0 unspecified atom stereocenters. The molecule has 0 bridgehead atoms. The van der Waals surface area contributed by atoms with E-state index < -0.39 is 0 Å². The van der Waals surface area contributed by atoms with Gasteiger partial charge in [0.15, 0.2) is 0 Å². The van der Waals surface area contributed by atoms with Crippen molar-refractivity contribution in [1.29, 1.82) is 0 Å². The number of nitrogens with zero attached hydrogens (tertiary/aromatic N) is 2. The highest BCUT2D eigenvalue weighted by Gasteiger charge is 2.19. The summed E-state index contributed by atoms with van der Waals surface area (Å²) in [7, 11) is 0. The number of imidazole rings is 1. The number of aryl methyl sites for hydroxylation is 1. The van der Waals surface area contributed by atoms with Crippen LogP contribution in [-0.4, -0.2) is 9.55 Å². The van der Waals surface area contributed by atoms with Crippen LogP contribution in [0.2, 0.25) is 0 Å². The van der Waals surface area contributed by atoms with Crippen LogP contribution in [-0.2, 0) is 13.0 Å². The largest absolute Gasteiger partial charge is 0.323 e. The molecule has 1 aromatic rings. The normalized spacial score (nSPS) is 16.3. The summed E-state index contributed by atoms with van der Waals surface area (Å²) in [5.74, 6) is 1.79. The second-order valence-electron chi connectivity index (χ2n) is 3.97. The highest BCUT2D eigenvalue weighted by Crippen LogP contribution is 2.28. The summed E-state index contributed by atoms with van der Waals surface area (Å²) < 4.78 is 3.52. The Labute approximate surface area is 87.5 Å². The Bertz CT molecular complexity index is 315. The van der Waals surface area contributed by atoms with E-state index in [1.165, 1.54) is 29.0 Å². The molecular weight excluding hydrogens is 228 g/mol. The topological polar surface area (TPSA) is 17.8 Å². The van der Waals surface area contributed by atoms with Crippen molar-refractivity contribution in [3.8, 4) is 0 Å². The minimum absolute atomic E-state index is 0.521. The summed E-state index contributed by atoms with van der Waals surface area (Å²) in [6.45, 7) is 5.52. The number of aromatic nitrogens is 2. The van der Waals surface area contributed by atoms with Crippen molar-refractivity contribution in [2.45, 2.75) is 45.6 Å². The number of fused-ring (bicyclic) bond motifs is 1. The van der Waals surface area contributed by atoms with E-state index in [0.717, 1.165) is 13.0 Å². The molecule has 0 atom stereocenters. The van der Waals surface area contributed by atoms with Gasteiger partial charge in [-0.25, -0.2) is 4.98 Å². The van der Waals surface area contributed by atoms with Crippen molar-refractivity contribution in [3.63, 3.8) is 0 Å². The van der Waals surface area contributed by atoms with Gasteiger partial charge in [0.25, 0.3) is 0 Å². The molecule has 2 rings (SSSR count). The van der Waals surface area contributed by atoms with Crippen LogP contribution in [0.4, 0.5) is 0 Å². The predicted octanol–water partition coefficient (Wildman–Crippen LogP) is 3.11. The van der Waals surface area contributed by atoms with Crippen LogP contribution in [0.1, 0.15) is 44.1 Å². The molecule has 0 aromatic carbocycles. The van der Waals surface area contributed by atoms with Crippen molar-refractivity contribution in [2.75, 3.05) is 0 Å². The maximum Gasteiger partial charge on any atom is 0.109 e. The first-order valence-corrected chi connectivity index (χ1v) is 5.74. The minimum atomic E-state index is 0.521. The Kier molecular flexibility index (Phi) is 2.45. The molecule has 0 saturated carbocycles. The highest BCUT2D eigenvalue weighted by atomic mass is 79.9. The average molecular weight is 243 g/mol. The molecule has 1 aromatic heterocycles. The molecule has 0 N–H and O–H groups in total. The number of hydrogen-bond donors (Lipinski definition) is 0. The molecular formula is C10H15BrN2. The van der Waals surface area contributed by atoms with Crippen LogP contribution in [0.15, 0.2) is 4.60 Å². The number of halogens is 1. The summed E-state index contributed by atoms with van der Waals surface area (Å²) in [6, 6.07) is 0. The molecule has 2 nitrogen and oxygen atoms in total. The Morgan fingerprint density at radius 1 is 1.38 bits per heavy atom. The van der Waals surface area contributed by atoms with Gasteiger partial charge in [0.1, 0.15) is 10.4 Å². The monoisotopic (exact) mass is 242 g/mol. The molecule has 13 heavy (non-hydrogen) atoms. The third-order valence-corrected chi connectivity index (χ3v) is 3.42. The fraction of sp³-hybridized carbons (Fsp3) is 0.700. The molecule has 3 heteroatoms. The highest BCUT2D eigenvalue weighted by molar-refractivity contribution is 9.10. The molecule has 1 aliphatic heterocycles. The van der Waals surface area contributed by atoms with Crippen molar-refractivity contribution in [2.24, 2.45) is 0 Å². The first kappa shape index (κ1) is 9.25. The number of rotatable bonds is 1. The zero-order chi connectivity index (χ0) is 9.42. The van der Waals surface area contributed by atoms with E-state index in [0.29, 0.717) is 5.92 Å². The maximum absolute atomic E-state index is 4.67. The molecule has 0 fully saturated rings. The van der Waals surface area contributed by atoms with Gasteiger partial charge in [0, 0.05) is 13.0 Å². The molecule has 0 saturated heterocycles. The Morgan fingerprint density at radius 2 is 2.15 bits per heavy atom. The molecule has 0 spiro atoms. The Balaban J connectivity index is 2.44.